The first-order valence-electron chi connectivity index (χ1n) is 14.8. The van der Waals surface area contributed by atoms with Gasteiger partial charge in [-0.15, -0.1) is 0 Å². The van der Waals surface area contributed by atoms with Crippen molar-refractivity contribution in [2.75, 3.05) is 26.3 Å². The van der Waals surface area contributed by atoms with Gasteiger partial charge in [-0.3, -0.25) is 19.7 Å². The van der Waals surface area contributed by atoms with Crippen molar-refractivity contribution in [2.45, 2.75) is 103 Å². The van der Waals surface area contributed by atoms with E-state index in [-0.39, 0.29) is 17.4 Å². The number of esters is 1. The van der Waals surface area contributed by atoms with Crippen LogP contribution in [0.25, 0.3) is 0 Å². The molecule has 0 aromatic heterocycles. The third-order valence-corrected chi connectivity index (χ3v) is 7.84. The Hall–Kier alpha value is -2.20. The highest BCUT2D eigenvalue weighted by Gasteiger charge is 2.34. The molecule has 0 bridgehead atoms. The number of carbonyl (C=O) groups excluding carboxylic acids is 3. The molecule has 1 heterocycles. The maximum Gasteiger partial charge on any atom is 0.308 e. The normalized spacial score (nSPS) is 14.9. The quantitative estimate of drug-likeness (QED) is 0.111. The Labute approximate surface area is 253 Å². The van der Waals surface area contributed by atoms with Gasteiger partial charge in [0.25, 0.3) is 5.91 Å². The Morgan fingerprint density at radius 1 is 1.00 bits per heavy atom. The molecule has 8 nitrogen and oxygen atoms in total. The molecule has 0 aliphatic carbocycles. The van der Waals surface area contributed by atoms with Gasteiger partial charge in [0, 0.05) is 18.7 Å². The van der Waals surface area contributed by atoms with Crippen LogP contribution in [0.5, 0.6) is 5.75 Å². The van der Waals surface area contributed by atoms with E-state index >= 15 is 0 Å². The number of piperazine rings is 1. The van der Waals surface area contributed by atoms with Crippen molar-refractivity contribution in [1.29, 1.82) is 0 Å². The highest BCUT2D eigenvalue weighted by molar-refractivity contribution is 9.10. The van der Waals surface area contributed by atoms with E-state index < -0.39 is 17.9 Å². The monoisotopic (exact) mass is 639 g/mol. The van der Waals surface area contributed by atoms with Gasteiger partial charge in [-0.25, -0.2) is 0 Å². The van der Waals surface area contributed by atoms with Crippen LogP contribution in [0.3, 0.4) is 0 Å². The SMILES string of the molecule is CCCCCCCCCCOC(=O)CC1C(=O)NCCN1C(=S)NC(=O)c1ccc(OCCCCCC)c(Br)c1. The number of rotatable bonds is 18. The number of carbonyl (C=O) groups is 3. The predicted molar refractivity (Wildman–Crippen MR) is 166 cm³/mol. The minimum atomic E-state index is -0.831. The van der Waals surface area contributed by atoms with E-state index in [1.165, 1.54) is 44.9 Å². The second kappa shape index (κ2) is 19.8. The number of ether oxygens (including phenoxy) is 2. The summed E-state index contributed by atoms with van der Waals surface area (Å²) in [6, 6.07) is 4.28. The summed E-state index contributed by atoms with van der Waals surface area (Å²) in [4.78, 5) is 39.6. The third kappa shape index (κ3) is 12.5. The molecule has 1 fully saturated rings. The van der Waals surface area contributed by atoms with Crippen molar-refractivity contribution in [3.05, 3.63) is 28.2 Å². The molecule has 2 N–H and O–H groups in total. The van der Waals surface area contributed by atoms with Crippen LogP contribution in [-0.4, -0.2) is 60.1 Å². The average Bonchev–Trinajstić information content (AvgIpc) is 2.93. The van der Waals surface area contributed by atoms with E-state index in [0.29, 0.717) is 42.1 Å². The molecule has 10 heteroatoms. The molecule has 1 aromatic carbocycles. The number of hydrogen-bond donors (Lipinski definition) is 2. The number of nitrogens with zero attached hydrogens (tertiary/aromatic N) is 1. The summed E-state index contributed by atoms with van der Waals surface area (Å²) < 4.78 is 11.9. The Balaban J connectivity index is 1.81. The van der Waals surface area contributed by atoms with Crippen LogP contribution in [-0.2, 0) is 14.3 Å². The number of benzene rings is 1. The van der Waals surface area contributed by atoms with Crippen molar-refractivity contribution < 1.29 is 23.9 Å². The fourth-order valence-electron chi connectivity index (χ4n) is 4.51. The van der Waals surface area contributed by atoms with Crippen LogP contribution >= 0.6 is 28.1 Å². The molecule has 1 aliphatic rings. The van der Waals surface area contributed by atoms with Crippen molar-refractivity contribution in [1.82, 2.24) is 15.5 Å². The molecular weight excluding hydrogens is 594 g/mol. The number of hydrogen-bond acceptors (Lipinski definition) is 6. The van der Waals surface area contributed by atoms with Crippen LogP contribution in [0.15, 0.2) is 22.7 Å². The van der Waals surface area contributed by atoms with E-state index in [0.717, 1.165) is 32.1 Å². The Bertz CT molecular complexity index is 961. The topological polar surface area (TPSA) is 97.0 Å². The zero-order chi connectivity index (χ0) is 29.2. The molecule has 0 radical (unpaired) electrons. The van der Waals surface area contributed by atoms with Gasteiger partial charge in [0.15, 0.2) is 5.11 Å². The lowest BCUT2D eigenvalue weighted by Crippen LogP contribution is -2.60. The third-order valence-electron chi connectivity index (χ3n) is 6.88. The minimum Gasteiger partial charge on any atom is -0.492 e. The maximum atomic E-state index is 12.9. The van der Waals surface area contributed by atoms with Crippen LogP contribution in [0, 0.1) is 0 Å². The van der Waals surface area contributed by atoms with E-state index in [1.54, 1.807) is 23.1 Å². The summed E-state index contributed by atoms with van der Waals surface area (Å²) in [5, 5.41) is 5.59. The molecule has 1 aliphatic heterocycles. The number of thiocarbonyl (C=S) groups is 1. The Morgan fingerprint density at radius 3 is 2.30 bits per heavy atom. The molecule has 0 saturated carbocycles. The molecule has 224 valence electrons. The minimum absolute atomic E-state index is 0.105. The Kier molecular flexibility index (Phi) is 16.8. The van der Waals surface area contributed by atoms with Crippen LogP contribution in [0.4, 0.5) is 0 Å². The second-order valence-corrected chi connectivity index (χ2v) is 11.5. The number of halogens is 1. The van der Waals surface area contributed by atoms with Gasteiger partial charge in [0.1, 0.15) is 11.8 Å². The average molecular weight is 641 g/mol. The molecule has 0 spiro atoms. The van der Waals surface area contributed by atoms with E-state index in [9.17, 15) is 14.4 Å². The first kappa shape index (κ1) is 34.0. The number of nitrogens with one attached hydrogen (secondary N) is 2. The molecule has 2 rings (SSSR count). The summed E-state index contributed by atoms with van der Waals surface area (Å²) in [5.41, 5.74) is 0.398. The molecule has 1 unspecified atom stereocenters. The van der Waals surface area contributed by atoms with Gasteiger partial charge in [-0.1, -0.05) is 78.1 Å². The second-order valence-electron chi connectivity index (χ2n) is 10.2. The molecule has 1 saturated heterocycles. The van der Waals surface area contributed by atoms with Crippen molar-refractivity contribution in [3.8, 4) is 5.75 Å². The molecule has 2 amide bonds. The highest BCUT2D eigenvalue weighted by Crippen LogP contribution is 2.26. The summed E-state index contributed by atoms with van der Waals surface area (Å²) in [6.45, 7) is 6.09. The van der Waals surface area contributed by atoms with Gasteiger partial charge in [0.05, 0.1) is 24.1 Å². The van der Waals surface area contributed by atoms with Gasteiger partial charge >= 0.3 is 5.97 Å². The zero-order valence-electron chi connectivity index (χ0n) is 24.1. The van der Waals surface area contributed by atoms with Gasteiger partial charge < -0.3 is 19.7 Å². The standard InChI is InChI=1S/C30H46BrN3O5S/c1-3-5-7-9-10-11-12-14-20-39-27(35)22-25-29(37)32-17-18-34(25)30(40)33-28(36)23-15-16-26(24(31)21-23)38-19-13-8-6-4-2/h15-16,21,25H,3-14,17-20,22H2,1-2H3,(H,32,37)(H,33,36,40). The van der Waals surface area contributed by atoms with Crippen molar-refractivity contribution in [2.24, 2.45) is 0 Å². The first-order chi connectivity index (χ1) is 19.4. The summed E-state index contributed by atoms with van der Waals surface area (Å²) in [6.07, 6.45) is 13.6. The van der Waals surface area contributed by atoms with E-state index in [1.807, 2.05) is 0 Å². The van der Waals surface area contributed by atoms with Crippen LogP contribution in [0.2, 0.25) is 0 Å². The lowest BCUT2D eigenvalue weighted by molar-refractivity contribution is -0.147. The van der Waals surface area contributed by atoms with Gasteiger partial charge in [-0.2, -0.15) is 0 Å². The van der Waals surface area contributed by atoms with Gasteiger partial charge in [0.2, 0.25) is 5.91 Å². The molecular formula is C30H46BrN3O5S. The molecule has 40 heavy (non-hydrogen) atoms. The highest BCUT2D eigenvalue weighted by atomic mass is 79.9. The lowest BCUT2D eigenvalue weighted by atomic mass is 10.1. The zero-order valence-corrected chi connectivity index (χ0v) is 26.5. The van der Waals surface area contributed by atoms with E-state index in [2.05, 4.69) is 40.4 Å². The molecule has 1 aromatic rings. The van der Waals surface area contributed by atoms with Gasteiger partial charge in [-0.05, 0) is 59.2 Å². The number of amides is 2. The van der Waals surface area contributed by atoms with Crippen molar-refractivity contribution in [3.63, 3.8) is 0 Å². The van der Waals surface area contributed by atoms with E-state index in [4.69, 9.17) is 21.7 Å². The predicted octanol–water partition coefficient (Wildman–Crippen LogP) is 6.30. The lowest BCUT2D eigenvalue weighted by Gasteiger charge is -2.36. The largest absolute Gasteiger partial charge is 0.492 e. The summed E-state index contributed by atoms with van der Waals surface area (Å²) in [7, 11) is 0. The summed E-state index contributed by atoms with van der Waals surface area (Å²) in [5.74, 6) is -0.482. The first-order valence-corrected chi connectivity index (χ1v) is 16.0. The van der Waals surface area contributed by atoms with Crippen LogP contribution in [0.1, 0.15) is 108 Å². The van der Waals surface area contributed by atoms with Crippen LogP contribution < -0.4 is 15.4 Å². The molecule has 1 atom stereocenters. The smallest absolute Gasteiger partial charge is 0.308 e. The summed E-state index contributed by atoms with van der Waals surface area (Å²) >= 11 is 8.96. The van der Waals surface area contributed by atoms with Crippen molar-refractivity contribution >= 4 is 51.0 Å². The number of unbranched alkanes of at least 4 members (excludes halogenated alkanes) is 10. The fourth-order valence-corrected chi connectivity index (χ4v) is 5.32. The Morgan fingerprint density at radius 2 is 1.62 bits per heavy atom. The maximum absolute atomic E-state index is 12.9. The fraction of sp³-hybridized carbons (Fsp3) is 0.667.